The molecule has 3 saturated carbocycles. The molecule has 4 aliphatic rings. The second-order valence-electron chi connectivity index (χ2n) is 10.9. The number of rotatable bonds is 4. The zero-order valence-electron chi connectivity index (χ0n) is 18.5. The molecular weight excluding hydrogens is 362 g/mol. The van der Waals surface area contributed by atoms with Gasteiger partial charge in [0.2, 0.25) is 5.91 Å². The highest BCUT2D eigenvalue weighted by Crippen LogP contribution is 2.79. The molecule has 158 valence electrons. The van der Waals surface area contributed by atoms with E-state index >= 15 is 0 Å². The van der Waals surface area contributed by atoms with Crippen LogP contribution < -0.4 is 5.32 Å². The second-order valence-corrected chi connectivity index (χ2v) is 10.9. The summed E-state index contributed by atoms with van der Waals surface area (Å²) in [4.78, 5) is 32.0. The fraction of sp³-hybridized carbons (Fsp3) is 0.708. The number of hydrogen-bond donors (Lipinski definition) is 1. The van der Waals surface area contributed by atoms with Gasteiger partial charge in [-0.25, -0.2) is 0 Å². The third-order valence-corrected chi connectivity index (χ3v) is 8.19. The smallest absolute Gasteiger partial charge is 0.270 e. The van der Waals surface area contributed by atoms with Gasteiger partial charge in [0.1, 0.15) is 5.69 Å². The van der Waals surface area contributed by atoms with Gasteiger partial charge >= 0.3 is 0 Å². The first kappa shape index (κ1) is 20.4. The number of piperidine rings is 1. The van der Waals surface area contributed by atoms with Gasteiger partial charge in [0, 0.05) is 25.3 Å². The molecule has 0 unspecified atom stereocenters. The molecule has 5 nitrogen and oxygen atoms in total. The van der Waals surface area contributed by atoms with Gasteiger partial charge in [-0.2, -0.15) is 0 Å². The Balaban J connectivity index is 1.27. The molecule has 4 fully saturated rings. The minimum atomic E-state index is -0.101. The standard InChI is InChI=1S/C24H35N3O2/c1-16-7-6-10-25-19(16)20(28)26-17(2)18-8-11-27(12-9-18)21(29)23-13-24(14-23,15-23)22(3,4)5/h6-7,10,17-18H,8-9,11-15H2,1-5H3,(H,26,28)/t17-,23?,24?/m1/s1. The first-order valence-electron chi connectivity index (χ1n) is 11.1. The van der Waals surface area contributed by atoms with Crippen LogP contribution in [-0.4, -0.2) is 40.8 Å². The highest BCUT2D eigenvalue weighted by molar-refractivity contribution is 5.93. The minimum Gasteiger partial charge on any atom is -0.348 e. The highest BCUT2D eigenvalue weighted by atomic mass is 16.2. The SMILES string of the molecule is Cc1cccnc1C(=O)N[C@H](C)C1CCN(C(=O)C23CC(C(C)(C)C)(C2)C3)CC1. The van der Waals surface area contributed by atoms with Crippen LogP contribution in [0.1, 0.15) is 75.9 Å². The summed E-state index contributed by atoms with van der Waals surface area (Å²) in [5.74, 6) is 0.694. The van der Waals surface area contributed by atoms with Crippen LogP contribution in [0, 0.1) is 29.1 Å². The lowest BCUT2D eigenvalue weighted by atomic mass is 9.29. The van der Waals surface area contributed by atoms with Gasteiger partial charge in [-0.3, -0.25) is 14.6 Å². The topological polar surface area (TPSA) is 62.3 Å². The molecule has 5 heteroatoms. The third kappa shape index (κ3) is 3.27. The second kappa shape index (κ2) is 6.82. The summed E-state index contributed by atoms with van der Waals surface area (Å²) in [5, 5.41) is 3.13. The fourth-order valence-corrected chi connectivity index (χ4v) is 5.86. The van der Waals surface area contributed by atoms with Crippen molar-refractivity contribution in [3.8, 4) is 0 Å². The van der Waals surface area contributed by atoms with E-state index < -0.39 is 0 Å². The van der Waals surface area contributed by atoms with Crippen molar-refractivity contribution in [3.05, 3.63) is 29.6 Å². The van der Waals surface area contributed by atoms with Crippen molar-refractivity contribution < 1.29 is 9.59 Å². The molecule has 0 spiro atoms. The molecule has 1 aromatic rings. The number of hydrogen-bond acceptors (Lipinski definition) is 3. The molecule has 2 heterocycles. The van der Waals surface area contributed by atoms with Crippen molar-refractivity contribution in [2.45, 2.75) is 72.8 Å². The molecule has 2 amide bonds. The maximum Gasteiger partial charge on any atom is 0.270 e. The number of aromatic nitrogens is 1. The molecule has 1 aromatic heterocycles. The number of carbonyl (C=O) groups is 2. The van der Waals surface area contributed by atoms with E-state index in [-0.39, 0.29) is 17.4 Å². The van der Waals surface area contributed by atoms with Crippen LogP contribution >= 0.6 is 0 Å². The van der Waals surface area contributed by atoms with Crippen LogP contribution in [0.4, 0.5) is 0 Å². The summed E-state index contributed by atoms with van der Waals surface area (Å²) >= 11 is 0. The lowest BCUT2D eigenvalue weighted by molar-refractivity contribution is -0.255. The molecule has 1 atom stereocenters. The summed E-state index contributed by atoms with van der Waals surface area (Å²) in [5.41, 5.74) is 2.06. The Morgan fingerprint density at radius 1 is 1.21 bits per heavy atom. The average Bonchev–Trinajstić information content (AvgIpc) is 2.58. The van der Waals surface area contributed by atoms with Crippen LogP contribution in [-0.2, 0) is 4.79 Å². The first-order chi connectivity index (χ1) is 13.6. The molecule has 1 aliphatic heterocycles. The Kier molecular flexibility index (Phi) is 4.79. The van der Waals surface area contributed by atoms with E-state index in [0.29, 0.717) is 28.3 Å². The third-order valence-electron chi connectivity index (χ3n) is 8.19. The van der Waals surface area contributed by atoms with Crippen LogP contribution in [0.25, 0.3) is 0 Å². The summed E-state index contributed by atoms with van der Waals surface area (Å²) in [6.07, 6.45) is 6.81. The van der Waals surface area contributed by atoms with Crippen LogP contribution in [0.2, 0.25) is 0 Å². The monoisotopic (exact) mass is 397 g/mol. The molecule has 0 radical (unpaired) electrons. The maximum atomic E-state index is 13.1. The van der Waals surface area contributed by atoms with Crippen molar-refractivity contribution in [1.82, 2.24) is 15.2 Å². The van der Waals surface area contributed by atoms with E-state index in [2.05, 4.69) is 42.9 Å². The van der Waals surface area contributed by atoms with E-state index in [1.54, 1.807) is 6.20 Å². The van der Waals surface area contributed by atoms with Crippen LogP contribution in [0.3, 0.4) is 0 Å². The lowest BCUT2D eigenvalue weighted by Gasteiger charge is -2.75. The van der Waals surface area contributed by atoms with E-state index in [4.69, 9.17) is 0 Å². The summed E-state index contributed by atoms with van der Waals surface area (Å²) in [6, 6.07) is 3.84. The molecule has 1 N–H and O–H groups in total. The summed E-state index contributed by atoms with van der Waals surface area (Å²) < 4.78 is 0. The fourth-order valence-electron chi connectivity index (χ4n) is 5.86. The highest BCUT2D eigenvalue weighted by Gasteiger charge is 2.75. The number of aryl methyl sites for hydroxylation is 1. The van der Waals surface area contributed by atoms with Crippen molar-refractivity contribution in [1.29, 1.82) is 0 Å². The molecule has 2 bridgehead atoms. The predicted molar refractivity (Wildman–Crippen MR) is 113 cm³/mol. The molecule has 29 heavy (non-hydrogen) atoms. The maximum absolute atomic E-state index is 13.1. The van der Waals surface area contributed by atoms with Crippen molar-refractivity contribution in [2.24, 2.45) is 22.2 Å². The number of nitrogens with zero attached hydrogens (tertiary/aromatic N) is 2. The Labute approximate surface area is 174 Å². The number of amides is 2. The quantitative estimate of drug-likeness (QED) is 0.836. The van der Waals surface area contributed by atoms with Gasteiger partial charge in [-0.15, -0.1) is 0 Å². The largest absolute Gasteiger partial charge is 0.348 e. The normalized spacial score (nSPS) is 30.2. The average molecular weight is 398 g/mol. The number of likely N-dealkylation sites (tertiary alicyclic amines) is 1. The zero-order chi connectivity index (χ0) is 21.0. The molecule has 1 saturated heterocycles. The molecule has 3 aliphatic carbocycles. The van der Waals surface area contributed by atoms with Gasteiger partial charge in [-0.1, -0.05) is 26.8 Å². The van der Waals surface area contributed by atoms with Crippen LogP contribution in [0.15, 0.2) is 18.3 Å². The number of carbonyl (C=O) groups excluding carboxylic acids is 2. The Hall–Kier alpha value is -1.91. The van der Waals surface area contributed by atoms with Gasteiger partial charge in [0.15, 0.2) is 0 Å². The zero-order valence-corrected chi connectivity index (χ0v) is 18.5. The summed E-state index contributed by atoms with van der Waals surface area (Å²) in [7, 11) is 0. The molecule has 0 aromatic carbocycles. The molecular formula is C24H35N3O2. The lowest BCUT2D eigenvalue weighted by Crippen LogP contribution is -2.72. The van der Waals surface area contributed by atoms with Crippen molar-refractivity contribution in [3.63, 3.8) is 0 Å². The molecule has 5 rings (SSSR count). The first-order valence-corrected chi connectivity index (χ1v) is 11.1. The predicted octanol–water partition coefficient (Wildman–Crippen LogP) is 3.96. The van der Waals surface area contributed by atoms with E-state index in [9.17, 15) is 9.59 Å². The van der Waals surface area contributed by atoms with Gasteiger partial charge in [0.05, 0.1) is 5.41 Å². The number of nitrogens with one attached hydrogen (secondary N) is 1. The van der Waals surface area contributed by atoms with Crippen LogP contribution in [0.5, 0.6) is 0 Å². The van der Waals surface area contributed by atoms with Gasteiger partial charge in [0.25, 0.3) is 5.91 Å². The van der Waals surface area contributed by atoms with E-state index in [1.807, 2.05) is 19.1 Å². The van der Waals surface area contributed by atoms with Gasteiger partial charge in [-0.05, 0) is 74.3 Å². The Bertz CT molecular complexity index is 798. The minimum absolute atomic E-state index is 0.0452. The summed E-state index contributed by atoms with van der Waals surface area (Å²) in [6.45, 7) is 12.6. The van der Waals surface area contributed by atoms with Gasteiger partial charge < -0.3 is 10.2 Å². The van der Waals surface area contributed by atoms with E-state index in [1.165, 1.54) is 0 Å². The Morgan fingerprint density at radius 3 is 2.38 bits per heavy atom. The van der Waals surface area contributed by atoms with E-state index in [0.717, 1.165) is 50.8 Å². The number of pyridine rings is 1. The van der Waals surface area contributed by atoms with Crippen molar-refractivity contribution in [2.75, 3.05) is 13.1 Å². The van der Waals surface area contributed by atoms with Crippen molar-refractivity contribution >= 4 is 11.8 Å². The Morgan fingerprint density at radius 2 is 1.83 bits per heavy atom.